The Kier molecular flexibility index (Phi) is 7.03. The van der Waals surface area contributed by atoms with Crippen molar-refractivity contribution in [3.05, 3.63) is 48.0 Å². The summed E-state index contributed by atoms with van der Waals surface area (Å²) < 4.78 is 15.6. The normalized spacial score (nSPS) is 11.4. The topological polar surface area (TPSA) is 112 Å². The van der Waals surface area contributed by atoms with Gasteiger partial charge in [-0.3, -0.25) is 14.9 Å². The molecule has 0 fully saturated rings. The summed E-state index contributed by atoms with van der Waals surface area (Å²) in [5, 5.41) is 14.4. The van der Waals surface area contributed by atoms with E-state index in [-0.39, 0.29) is 5.56 Å². The Morgan fingerprint density at radius 3 is 2.16 bits per heavy atom. The molecule has 162 valence electrons. The van der Waals surface area contributed by atoms with Gasteiger partial charge in [0.2, 0.25) is 11.0 Å². The van der Waals surface area contributed by atoms with E-state index in [9.17, 15) is 9.59 Å². The predicted octanol–water partition coefficient (Wildman–Crippen LogP) is 2.99. The number of anilines is 1. The third-order valence-electron chi connectivity index (χ3n) is 4.39. The molecule has 0 aliphatic carbocycles. The molecule has 0 saturated heterocycles. The Balaban J connectivity index is 1.66. The number of nitrogens with one attached hydrogen (secondary N) is 2. The molecule has 1 heterocycles. The maximum absolute atomic E-state index is 12.7. The molecule has 2 amide bonds. The summed E-state index contributed by atoms with van der Waals surface area (Å²) in [4.78, 5) is 25.3. The van der Waals surface area contributed by atoms with Gasteiger partial charge in [-0.2, -0.15) is 0 Å². The molecule has 3 rings (SSSR count). The molecule has 2 aromatic carbocycles. The summed E-state index contributed by atoms with van der Waals surface area (Å²) in [7, 11) is 4.51. The molecule has 1 aromatic heterocycles. The fourth-order valence-electron chi connectivity index (χ4n) is 2.75. The SMILES string of the molecule is COc1ccc(-c2nnc(NC(=O)C(C)NC(=O)c3c(OC)cccc3OC)s2)cc1. The summed E-state index contributed by atoms with van der Waals surface area (Å²) in [5.41, 5.74) is 1.06. The highest BCUT2D eigenvalue weighted by Crippen LogP contribution is 2.29. The summed E-state index contributed by atoms with van der Waals surface area (Å²) in [5.74, 6) is 0.501. The van der Waals surface area contributed by atoms with Gasteiger partial charge in [0.1, 0.15) is 33.9 Å². The van der Waals surface area contributed by atoms with E-state index in [1.807, 2.05) is 24.3 Å². The minimum absolute atomic E-state index is 0.213. The molecule has 31 heavy (non-hydrogen) atoms. The Labute approximate surface area is 183 Å². The van der Waals surface area contributed by atoms with Crippen molar-refractivity contribution in [2.24, 2.45) is 0 Å². The fraction of sp³-hybridized carbons (Fsp3) is 0.238. The van der Waals surface area contributed by atoms with Gasteiger partial charge in [-0.1, -0.05) is 17.4 Å². The highest BCUT2D eigenvalue weighted by molar-refractivity contribution is 7.18. The fourth-order valence-corrected chi connectivity index (χ4v) is 3.50. The van der Waals surface area contributed by atoms with Crippen LogP contribution in [0.2, 0.25) is 0 Å². The van der Waals surface area contributed by atoms with Crippen molar-refractivity contribution in [3.63, 3.8) is 0 Å². The van der Waals surface area contributed by atoms with Gasteiger partial charge in [-0.15, -0.1) is 10.2 Å². The predicted molar refractivity (Wildman–Crippen MR) is 117 cm³/mol. The molecule has 3 aromatic rings. The number of amides is 2. The highest BCUT2D eigenvalue weighted by atomic mass is 32.1. The lowest BCUT2D eigenvalue weighted by atomic mass is 10.1. The first-order chi connectivity index (χ1) is 15.0. The van der Waals surface area contributed by atoms with E-state index < -0.39 is 17.9 Å². The molecule has 0 aliphatic heterocycles. The van der Waals surface area contributed by atoms with Crippen LogP contribution in [0.3, 0.4) is 0 Å². The first-order valence-electron chi connectivity index (χ1n) is 9.27. The molecular formula is C21H22N4O5S. The van der Waals surface area contributed by atoms with Crippen molar-refractivity contribution in [3.8, 4) is 27.8 Å². The second-order valence-corrected chi connectivity index (χ2v) is 7.34. The van der Waals surface area contributed by atoms with Crippen molar-refractivity contribution < 1.29 is 23.8 Å². The van der Waals surface area contributed by atoms with E-state index in [0.717, 1.165) is 11.3 Å². The van der Waals surface area contributed by atoms with Crippen LogP contribution >= 0.6 is 11.3 Å². The molecule has 1 atom stereocenters. The molecule has 0 radical (unpaired) electrons. The minimum Gasteiger partial charge on any atom is -0.497 e. The molecule has 1 unspecified atom stereocenters. The van der Waals surface area contributed by atoms with E-state index in [4.69, 9.17) is 14.2 Å². The van der Waals surface area contributed by atoms with Crippen LogP contribution in [0.15, 0.2) is 42.5 Å². The Bertz CT molecular complexity index is 1050. The van der Waals surface area contributed by atoms with E-state index in [1.54, 1.807) is 32.2 Å². The van der Waals surface area contributed by atoms with Gasteiger partial charge in [0, 0.05) is 5.56 Å². The van der Waals surface area contributed by atoms with E-state index in [1.165, 1.54) is 25.6 Å². The summed E-state index contributed by atoms with van der Waals surface area (Å²) in [6.45, 7) is 1.57. The van der Waals surface area contributed by atoms with Gasteiger partial charge in [-0.25, -0.2) is 0 Å². The Morgan fingerprint density at radius 1 is 0.935 bits per heavy atom. The van der Waals surface area contributed by atoms with Gasteiger partial charge in [0.05, 0.1) is 21.3 Å². The highest BCUT2D eigenvalue weighted by Gasteiger charge is 2.23. The third kappa shape index (κ3) is 5.10. The summed E-state index contributed by atoms with van der Waals surface area (Å²) in [6.07, 6.45) is 0. The van der Waals surface area contributed by atoms with Gasteiger partial charge >= 0.3 is 0 Å². The van der Waals surface area contributed by atoms with E-state index in [2.05, 4.69) is 20.8 Å². The Hall–Kier alpha value is -3.66. The van der Waals surface area contributed by atoms with Gasteiger partial charge in [0.15, 0.2) is 0 Å². The van der Waals surface area contributed by atoms with Gasteiger partial charge < -0.3 is 19.5 Å². The van der Waals surface area contributed by atoms with Gasteiger partial charge in [-0.05, 0) is 43.3 Å². The maximum Gasteiger partial charge on any atom is 0.259 e. The number of nitrogens with zero attached hydrogens (tertiary/aromatic N) is 2. The Morgan fingerprint density at radius 2 is 1.58 bits per heavy atom. The molecular weight excluding hydrogens is 420 g/mol. The maximum atomic E-state index is 12.7. The number of hydrogen-bond donors (Lipinski definition) is 2. The van der Waals surface area contributed by atoms with Crippen LogP contribution in [0.5, 0.6) is 17.2 Å². The van der Waals surface area contributed by atoms with Crippen LogP contribution in [0, 0.1) is 0 Å². The zero-order valence-electron chi connectivity index (χ0n) is 17.5. The summed E-state index contributed by atoms with van der Waals surface area (Å²) in [6, 6.07) is 11.5. The zero-order chi connectivity index (χ0) is 22.4. The molecule has 0 bridgehead atoms. The molecule has 10 heteroatoms. The van der Waals surface area contributed by atoms with Crippen LogP contribution in [0.4, 0.5) is 5.13 Å². The monoisotopic (exact) mass is 442 g/mol. The van der Waals surface area contributed by atoms with Crippen LogP contribution < -0.4 is 24.8 Å². The standard InChI is InChI=1S/C21H22N4O5S/c1-12(22-19(27)17-15(29-3)6-5-7-16(17)30-4)18(26)23-21-25-24-20(31-21)13-8-10-14(28-2)11-9-13/h5-12H,1-4H3,(H,22,27)(H,23,25,26). The lowest BCUT2D eigenvalue weighted by Gasteiger charge is -2.16. The second kappa shape index (κ2) is 9.90. The van der Waals surface area contributed by atoms with Crippen molar-refractivity contribution in [1.29, 1.82) is 0 Å². The van der Waals surface area contributed by atoms with Crippen molar-refractivity contribution in [2.75, 3.05) is 26.6 Å². The molecule has 0 spiro atoms. The average Bonchev–Trinajstić information content (AvgIpc) is 3.26. The summed E-state index contributed by atoms with van der Waals surface area (Å²) >= 11 is 1.22. The second-order valence-electron chi connectivity index (χ2n) is 6.36. The van der Waals surface area contributed by atoms with E-state index >= 15 is 0 Å². The molecule has 0 saturated carbocycles. The lowest BCUT2D eigenvalue weighted by Crippen LogP contribution is -2.41. The van der Waals surface area contributed by atoms with Crippen LogP contribution in [-0.2, 0) is 4.79 Å². The smallest absolute Gasteiger partial charge is 0.259 e. The number of methoxy groups -OCH3 is 3. The minimum atomic E-state index is -0.838. The third-order valence-corrected chi connectivity index (χ3v) is 5.28. The number of carbonyl (C=O) groups is 2. The largest absolute Gasteiger partial charge is 0.497 e. The van der Waals surface area contributed by atoms with Gasteiger partial charge in [0.25, 0.3) is 5.91 Å². The van der Waals surface area contributed by atoms with Crippen LogP contribution in [0.25, 0.3) is 10.6 Å². The number of rotatable bonds is 8. The van der Waals surface area contributed by atoms with Crippen molar-refractivity contribution >= 4 is 28.3 Å². The first-order valence-corrected chi connectivity index (χ1v) is 10.1. The first kappa shape index (κ1) is 22.0. The van der Waals surface area contributed by atoms with Crippen LogP contribution in [-0.4, -0.2) is 49.4 Å². The van der Waals surface area contributed by atoms with Crippen molar-refractivity contribution in [2.45, 2.75) is 13.0 Å². The molecule has 0 aliphatic rings. The quantitative estimate of drug-likeness (QED) is 0.552. The van der Waals surface area contributed by atoms with Crippen molar-refractivity contribution in [1.82, 2.24) is 15.5 Å². The lowest BCUT2D eigenvalue weighted by molar-refractivity contribution is -0.117. The number of hydrogen-bond acceptors (Lipinski definition) is 8. The number of aromatic nitrogens is 2. The number of carbonyl (C=O) groups excluding carboxylic acids is 2. The average molecular weight is 442 g/mol. The number of benzene rings is 2. The van der Waals surface area contributed by atoms with E-state index in [0.29, 0.717) is 21.6 Å². The molecule has 9 nitrogen and oxygen atoms in total. The van der Waals surface area contributed by atoms with Crippen LogP contribution in [0.1, 0.15) is 17.3 Å². The number of ether oxygens (including phenoxy) is 3. The molecule has 2 N–H and O–H groups in total. The zero-order valence-corrected chi connectivity index (χ0v) is 18.3.